The first-order valence-corrected chi connectivity index (χ1v) is 3.07. The van der Waals surface area contributed by atoms with Crippen LogP contribution in [0, 0.1) is 0 Å². The molecule has 60 valence electrons. The van der Waals surface area contributed by atoms with E-state index in [1.54, 1.807) is 12.1 Å². The van der Waals surface area contributed by atoms with Crippen molar-refractivity contribution in [2.24, 2.45) is 0 Å². The molecule has 0 amide bonds. The van der Waals surface area contributed by atoms with E-state index in [0.717, 1.165) is 0 Å². The third-order valence-electron chi connectivity index (χ3n) is 1.09. The zero-order valence-electron chi connectivity index (χ0n) is 5.75. The van der Waals surface area contributed by atoms with Crippen LogP contribution >= 0.6 is 11.6 Å². The minimum Gasteiger partial charge on any atom is -0.478 e. The van der Waals surface area contributed by atoms with Gasteiger partial charge in [-0.1, -0.05) is 11.6 Å². The van der Waals surface area contributed by atoms with E-state index in [1.807, 2.05) is 0 Å². The zero-order chi connectivity index (χ0) is 7.56. The molecule has 0 bridgehead atoms. The van der Waals surface area contributed by atoms with Crippen LogP contribution in [0.25, 0.3) is 0 Å². The van der Waals surface area contributed by atoms with Gasteiger partial charge in [0.25, 0.3) is 0 Å². The lowest BCUT2D eigenvalue weighted by atomic mass is 10.2. The largest absolute Gasteiger partial charge is 0.478 e. The SMILES string of the molecule is N.O=C(O)c1ccc(Cl)cc1. The molecule has 1 aromatic rings. The van der Waals surface area contributed by atoms with E-state index in [4.69, 9.17) is 16.7 Å². The van der Waals surface area contributed by atoms with Crippen molar-refractivity contribution in [3.63, 3.8) is 0 Å². The number of hydrogen-bond donors (Lipinski definition) is 2. The molecule has 0 aromatic heterocycles. The molecule has 0 fully saturated rings. The van der Waals surface area contributed by atoms with Crippen molar-refractivity contribution in [1.82, 2.24) is 6.15 Å². The third kappa shape index (κ3) is 2.57. The molecule has 0 aliphatic heterocycles. The molecule has 1 rings (SSSR count). The van der Waals surface area contributed by atoms with E-state index in [-0.39, 0.29) is 11.7 Å². The summed E-state index contributed by atoms with van der Waals surface area (Å²) in [4.78, 5) is 10.3. The van der Waals surface area contributed by atoms with Gasteiger partial charge in [-0.25, -0.2) is 4.79 Å². The van der Waals surface area contributed by atoms with Gasteiger partial charge in [-0.15, -0.1) is 0 Å². The summed E-state index contributed by atoms with van der Waals surface area (Å²) in [6.45, 7) is 0. The Bertz CT molecular complexity index is 245. The molecule has 0 unspecified atom stereocenters. The van der Waals surface area contributed by atoms with E-state index in [9.17, 15) is 4.79 Å². The normalized spacial score (nSPS) is 8.45. The van der Waals surface area contributed by atoms with E-state index < -0.39 is 5.97 Å². The van der Waals surface area contributed by atoms with Gasteiger partial charge in [0.05, 0.1) is 5.56 Å². The maximum absolute atomic E-state index is 10.3. The predicted octanol–water partition coefficient (Wildman–Crippen LogP) is 2.20. The molecule has 0 spiro atoms. The fourth-order valence-corrected chi connectivity index (χ4v) is 0.718. The standard InChI is InChI=1S/C7H5ClO2.H3N/c8-6-3-1-5(2-4-6)7(9)10;/h1-4H,(H,9,10);1H3. The van der Waals surface area contributed by atoms with Gasteiger partial charge in [-0.3, -0.25) is 0 Å². The first-order chi connectivity index (χ1) is 4.70. The quantitative estimate of drug-likeness (QED) is 0.684. The number of benzene rings is 1. The lowest BCUT2D eigenvalue weighted by molar-refractivity contribution is 0.0697. The highest BCUT2D eigenvalue weighted by atomic mass is 35.5. The second-order valence-corrected chi connectivity index (χ2v) is 2.25. The predicted molar refractivity (Wildman–Crippen MR) is 43.4 cm³/mol. The maximum Gasteiger partial charge on any atom is 0.335 e. The first kappa shape index (κ1) is 9.94. The molecule has 4 N–H and O–H groups in total. The minimum atomic E-state index is -0.934. The Morgan fingerprint density at radius 1 is 1.27 bits per heavy atom. The van der Waals surface area contributed by atoms with Crippen molar-refractivity contribution < 1.29 is 9.90 Å². The molecule has 3 nitrogen and oxygen atoms in total. The summed E-state index contributed by atoms with van der Waals surface area (Å²) in [5.41, 5.74) is 0.254. The molecule has 0 radical (unpaired) electrons. The van der Waals surface area contributed by atoms with Gasteiger partial charge >= 0.3 is 5.97 Å². The van der Waals surface area contributed by atoms with Gasteiger partial charge < -0.3 is 11.3 Å². The van der Waals surface area contributed by atoms with Gasteiger partial charge in [0.1, 0.15) is 0 Å². The molecular weight excluding hydrogens is 166 g/mol. The second-order valence-electron chi connectivity index (χ2n) is 1.81. The molecule has 11 heavy (non-hydrogen) atoms. The summed E-state index contributed by atoms with van der Waals surface area (Å²) < 4.78 is 0. The summed E-state index contributed by atoms with van der Waals surface area (Å²) in [7, 11) is 0. The Hall–Kier alpha value is -1.06. The molecule has 0 aliphatic carbocycles. The van der Waals surface area contributed by atoms with Crippen molar-refractivity contribution in [3.05, 3.63) is 34.9 Å². The highest BCUT2D eigenvalue weighted by Gasteiger charge is 1.99. The summed E-state index contributed by atoms with van der Waals surface area (Å²) in [6, 6.07) is 6.02. The molecule has 0 aliphatic rings. The van der Waals surface area contributed by atoms with Crippen LogP contribution in [0.15, 0.2) is 24.3 Å². The Labute approximate surface area is 69.2 Å². The topological polar surface area (TPSA) is 72.3 Å². The van der Waals surface area contributed by atoms with Crippen molar-refractivity contribution in [3.8, 4) is 0 Å². The molecule has 1 aromatic carbocycles. The van der Waals surface area contributed by atoms with Crippen LogP contribution in [0.3, 0.4) is 0 Å². The Kier molecular flexibility index (Phi) is 3.57. The Balaban J connectivity index is 0.000001000. The van der Waals surface area contributed by atoms with Gasteiger partial charge in [-0.2, -0.15) is 0 Å². The molecular formula is C7H8ClNO2. The average Bonchev–Trinajstić information content (AvgIpc) is 1.88. The van der Waals surface area contributed by atoms with E-state index >= 15 is 0 Å². The number of halogens is 1. The number of carboxylic acid groups (broad SMARTS) is 1. The number of carboxylic acids is 1. The molecule has 0 atom stereocenters. The van der Waals surface area contributed by atoms with Crippen molar-refractivity contribution in [2.75, 3.05) is 0 Å². The smallest absolute Gasteiger partial charge is 0.335 e. The average molecular weight is 174 g/mol. The van der Waals surface area contributed by atoms with Crippen molar-refractivity contribution in [2.45, 2.75) is 0 Å². The second kappa shape index (κ2) is 3.95. The van der Waals surface area contributed by atoms with Crippen LogP contribution in [0.5, 0.6) is 0 Å². The van der Waals surface area contributed by atoms with Crippen molar-refractivity contribution in [1.29, 1.82) is 0 Å². The monoisotopic (exact) mass is 173 g/mol. The maximum atomic E-state index is 10.3. The zero-order valence-corrected chi connectivity index (χ0v) is 6.51. The van der Waals surface area contributed by atoms with Crippen LogP contribution in [-0.4, -0.2) is 11.1 Å². The molecule has 4 heteroatoms. The lowest BCUT2D eigenvalue weighted by Crippen LogP contribution is -1.94. The van der Waals surface area contributed by atoms with Crippen LogP contribution < -0.4 is 6.15 Å². The Morgan fingerprint density at radius 3 is 2.09 bits per heavy atom. The number of rotatable bonds is 1. The summed E-state index contributed by atoms with van der Waals surface area (Å²) in [5.74, 6) is -0.934. The molecule has 0 saturated carbocycles. The molecule has 0 heterocycles. The van der Waals surface area contributed by atoms with Gasteiger partial charge in [0.2, 0.25) is 0 Å². The number of hydrogen-bond acceptors (Lipinski definition) is 2. The van der Waals surface area contributed by atoms with E-state index in [2.05, 4.69) is 0 Å². The number of aromatic carboxylic acids is 1. The van der Waals surface area contributed by atoms with E-state index in [1.165, 1.54) is 12.1 Å². The van der Waals surface area contributed by atoms with Crippen LogP contribution in [0.1, 0.15) is 10.4 Å². The summed E-state index contributed by atoms with van der Waals surface area (Å²) in [6.07, 6.45) is 0. The minimum absolute atomic E-state index is 0. The first-order valence-electron chi connectivity index (χ1n) is 2.69. The fourth-order valence-electron chi connectivity index (χ4n) is 0.592. The highest BCUT2D eigenvalue weighted by Crippen LogP contribution is 2.08. The fraction of sp³-hybridized carbons (Fsp3) is 0. The van der Waals surface area contributed by atoms with Crippen molar-refractivity contribution >= 4 is 17.6 Å². The van der Waals surface area contributed by atoms with Crippen LogP contribution in [-0.2, 0) is 0 Å². The number of carbonyl (C=O) groups is 1. The molecule has 0 saturated heterocycles. The Morgan fingerprint density at radius 2 is 1.73 bits per heavy atom. The van der Waals surface area contributed by atoms with E-state index in [0.29, 0.717) is 5.02 Å². The van der Waals surface area contributed by atoms with Gasteiger partial charge in [0, 0.05) is 5.02 Å². The van der Waals surface area contributed by atoms with Crippen LogP contribution in [0.2, 0.25) is 5.02 Å². The summed E-state index contributed by atoms with van der Waals surface area (Å²) >= 11 is 5.52. The summed E-state index contributed by atoms with van der Waals surface area (Å²) in [5, 5.41) is 8.98. The highest BCUT2D eigenvalue weighted by molar-refractivity contribution is 6.30. The third-order valence-corrected chi connectivity index (χ3v) is 1.34. The van der Waals surface area contributed by atoms with Gasteiger partial charge in [-0.05, 0) is 24.3 Å². The lowest BCUT2D eigenvalue weighted by Gasteiger charge is -1.91. The van der Waals surface area contributed by atoms with Gasteiger partial charge in [0.15, 0.2) is 0 Å². The van der Waals surface area contributed by atoms with Crippen LogP contribution in [0.4, 0.5) is 0 Å².